The predicted molar refractivity (Wildman–Crippen MR) is 118 cm³/mol. The summed E-state index contributed by atoms with van der Waals surface area (Å²) in [6.07, 6.45) is 5.43. The molecule has 1 fully saturated rings. The molecule has 2 aliphatic heterocycles. The van der Waals surface area contributed by atoms with Gasteiger partial charge in [-0.2, -0.15) is 0 Å². The van der Waals surface area contributed by atoms with Crippen LogP contribution in [0.5, 0.6) is 0 Å². The van der Waals surface area contributed by atoms with Gasteiger partial charge in [0.2, 0.25) is 0 Å². The number of carbonyl (C=O) groups is 1. The van der Waals surface area contributed by atoms with E-state index < -0.39 is 0 Å². The van der Waals surface area contributed by atoms with Crippen LogP contribution >= 0.6 is 27.5 Å². The van der Waals surface area contributed by atoms with Gasteiger partial charge in [-0.3, -0.25) is 4.79 Å². The van der Waals surface area contributed by atoms with Gasteiger partial charge in [-0.25, -0.2) is 4.99 Å². The number of rotatable bonds is 2. The molecule has 0 bridgehead atoms. The van der Waals surface area contributed by atoms with Crippen molar-refractivity contribution in [2.45, 2.75) is 19.3 Å². The van der Waals surface area contributed by atoms with Crippen LogP contribution in [0.2, 0.25) is 5.02 Å². The quantitative estimate of drug-likeness (QED) is 0.577. The second kappa shape index (κ2) is 8.10. The lowest BCUT2D eigenvalue weighted by Crippen LogP contribution is -2.30. The Morgan fingerprint density at radius 3 is 2.57 bits per heavy atom. The van der Waals surface area contributed by atoms with Gasteiger partial charge in [0, 0.05) is 47.0 Å². The summed E-state index contributed by atoms with van der Waals surface area (Å²) in [5, 5.41) is 0.613. The summed E-state index contributed by atoms with van der Waals surface area (Å²) in [7, 11) is 1.80. The number of hydrogen-bond acceptors (Lipinski definition) is 3. The maximum Gasteiger partial charge on any atom is 0.278 e. The van der Waals surface area contributed by atoms with E-state index in [4.69, 9.17) is 16.6 Å². The van der Waals surface area contributed by atoms with E-state index in [0.717, 1.165) is 47.2 Å². The van der Waals surface area contributed by atoms with Crippen LogP contribution in [0, 0.1) is 0 Å². The zero-order valence-corrected chi connectivity index (χ0v) is 18.0. The molecular formula is C22H21BrClN3O. The van der Waals surface area contributed by atoms with E-state index in [9.17, 15) is 4.79 Å². The topological polar surface area (TPSA) is 35.9 Å². The lowest BCUT2D eigenvalue weighted by molar-refractivity contribution is -0.114. The summed E-state index contributed by atoms with van der Waals surface area (Å²) in [4.78, 5) is 21.9. The first kappa shape index (κ1) is 19.2. The van der Waals surface area contributed by atoms with Crippen LogP contribution in [0.4, 0.5) is 5.69 Å². The van der Waals surface area contributed by atoms with Crippen LogP contribution in [0.1, 0.15) is 30.4 Å². The first-order chi connectivity index (χ1) is 13.5. The first-order valence-corrected chi connectivity index (χ1v) is 10.6. The standard InChI is InChI=1S/C22H21BrClN3O/c1-26-20-10-9-15(23)13-17(20)21(16-7-3-4-8-18(16)24)25-19(22(26)28)14-27-11-5-2-6-12-27/h3-4,7-10,13-14H,2,5-6,11-12H2,1H3. The molecule has 0 saturated carbocycles. The number of nitrogens with zero attached hydrogens (tertiary/aromatic N) is 3. The molecule has 4 rings (SSSR count). The molecule has 1 amide bonds. The van der Waals surface area contributed by atoms with E-state index in [1.807, 2.05) is 48.7 Å². The molecule has 1 saturated heterocycles. The zero-order chi connectivity index (χ0) is 19.7. The summed E-state index contributed by atoms with van der Waals surface area (Å²) >= 11 is 10.1. The first-order valence-electron chi connectivity index (χ1n) is 9.42. The van der Waals surface area contributed by atoms with Crippen molar-refractivity contribution < 1.29 is 4.79 Å². The van der Waals surface area contributed by atoms with Gasteiger partial charge in [-0.1, -0.05) is 45.7 Å². The Kier molecular flexibility index (Phi) is 5.56. The van der Waals surface area contributed by atoms with Crippen LogP contribution in [0.25, 0.3) is 0 Å². The fourth-order valence-electron chi connectivity index (χ4n) is 3.66. The molecule has 2 aromatic carbocycles. The van der Waals surface area contributed by atoms with E-state index in [-0.39, 0.29) is 5.91 Å². The van der Waals surface area contributed by atoms with E-state index in [1.54, 1.807) is 11.9 Å². The molecule has 4 nitrogen and oxygen atoms in total. The fraction of sp³-hybridized carbons (Fsp3) is 0.273. The highest BCUT2D eigenvalue weighted by molar-refractivity contribution is 9.10. The van der Waals surface area contributed by atoms with Crippen LogP contribution < -0.4 is 4.90 Å². The van der Waals surface area contributed by atoms with Crippen LogP contribution in [0.3, 0.4) is 0 Å². The normalized spacial score (nSPS) is 18.8. The van der Waals surface area contributed by atoms with Crippen molar-refractivity contribution in [1.29, 1.82) is 0 Å². The number of halogens is 2. The van der Waals surface area contributed by atoms with Gasteiger partial charge in [0.05, 0.1) is 11.4 Å². The second-order valence-corrected chi connectivity index (χ2v) is 8.40. The molecule has 0 radical (unpaired) electrons. The fourth-order valence-corrected chi connectivity index (χ4v) is 4.25. The van der Waals surface area contributed by atoms with Crippen LogP contribution in [-0.4, -0.2) is 36.7 Å². The molecule has 0 spiro atoms. The largest absolute Gasteiger partial charge is 0.375 e. The van der Waals surface area contributed by atoms with Gasteiger partial charge in [0.1, 0.15) is 5.70 Å². The van der Waals surface area contributed by atoms with Crippen LogP contribution in [-0.2, 0) is 4.79 Å². The Hall–Kier alpha value is -2.11. The Balaban J connectivity index is 1.92. The summed E-state index contributed by atoms with van der Waals surface area (Å²) in [5.74, 6) is -0.115. The highest BCUT2D eigenvalue weighted by Gasteiger charge is 2.27. The summed E-state index contributed by atoms with van der Waals surface area (Å²) in [6, 6.07) is 13.5. The van der Waals surface area contributed by atoms with Crippen molar-refractivity contribution in [1.82, 2.24) is 4.90 Å². The van der Waals surface area contributed by atoms with Crippen molar-refractivity contribution in [3.8, 4) is 0 Å². The van der Waals surface area contributed by atoms with Gasteiger partial charge in [-0.15, -0.1) is 0 Å². The maximum atomic E-state index is 13.2. The van der Waals surface area contributed by atoms with E-state index in [2.05, 4.69) is 20.8 Å². The smallest absolute Gasteiger partial charge is 0.278 e. The molecule has 0 unspecified atom stereocenters. The number of likely N-dealkylation sites (N-methyl/N-ethyl adjacent to an activating group) is 1. The highest BCUT2D eigenvalue weighted by atomic mass is 79.9. The van der Waals surface area contributed by atoms with Crippen molar-refractivity contribution in [3.05, 3.63) is 75.0 Å². The SMILES string of the molecule is CN1C(=O)C(=CN2CCCCC2)N=C(c2ccccc2Cl)c2cc(Br)ccc21. The molecule has 0 aromatic heterocycles. The third-order valence-corrected chi connectivity index (χ3v) is 5.98. The van der Waals surface area contributed by atoms with Crippen molar-refractivity contribution in [2.24, 2.45) is 4.99 Å². The van der Waals surface area contributed by atoms with Crippen molar-refractivity contribution in [3.63, 3.8) is 0 Å². The molecule has 0 atom stereocenters. The number of carbonyl (C=O) groups excluding carboxylic acids is 1. The molecule has 2 aliphatic rings. The van der Waals surface area contributed by atoms with Crippen LogP contribution in [0.15, 0.2) is 63.8 Å². The molecule has 28 heavy (non-hydrogen) atoms. The molecule has 2 aromatic rings. The van der Waals surface area contributed by atoms with E-state index in [1.165, 1.54) is 6.42 Å². The Morgan fingerprint density at radius 1 is 1.07 bits per heavy atom. The summed E-state index contributed by atoms with van der Waals surface area (Å²) in [5.41, 5.74) is 3.65. The number of likely N-dealkylation sites (tertiary alicyclic amines) is 1. The van der Waals surface area contributed by atoms with Crippen molar-refractivity contribution in [2.75, 3.05) is 25.0 Å². The number of aliphatic imine (C=N–C) groups is 1. The maximum absolute atomic E-state index is 13.2. The molecule has 2 heterocycles. The Bertz CT molecular complexity index is 979. The predicted octanol–water partition coefficient (Wildman–Crippen LogP) is 5.24. The van der Waals surface area contributed by atoms with Crippen molar-refractivity contribution >= 4 is 44.8 Å². The molecule has 0 N–H and O–H groups in total. The third-order valence-electron chi connectivity index (χ3n) is 5.16. The average molecular weight is 459 g/mol. The molecule has 6 heteroatoms. The minimum Gasteiger partial charge on any atom is -0.375 e. The lowest BCUT2D eigenvalue weighted by Gasteiger charge is -2.25. The molecular weight excluding hydrogens is 438 g/mol. The molecule has 144 valence electrons. The minimum absolute atomic E-state index is 0.115. The third kappa shape index (κ3) is 3.74. The lowest BCUT2D eigenvalue weighted by atomic mass is 10.0. The second-order valence-electron chi connectivity index (χ2n) is 7.08. The number of hydrogen-bond donors (Lipinski definition) is 0. The van der Waals surface area contributed by atoms with Gasteiger partial charge < -0.3 is 9.80 Å². The summed E-state index contributed by atoms with van der Waals surface area (Å²) < 4.78 is 0.926. The van der Waals surface area contributed by atoms with Gasteiger partial charge in [0.25, 0.3) is 5.91 Å². The number of amides is 1. The van der Waals surface area contributed by atoms with Gasteiger partial charge >= 0.3 is 0 Å². The number of piperidine rings is 1. The minimum atomic E-state index is -0.115. The van der Waals surface area contributed by atoms with Gasteiger partial charge in [-0.05, 0) is 43.5 Å². The number of anilines is 1. The summed E-state index contributed by atoms with van der Waals surface area (Å²) in [6.45, 7) is 1.91. The Morgan fingerprint density at radius 2 is 1.82 bits per heavy atom. The molecule has 0 aliphatic carbocycles. The average Bonchev–Trinajstić information content (AvgIpc) is 2.80. The van der Waals surface area contributed by atoms with Gasteiger partial charge in [0.15, 0.2) is 0 Å². The number of benzodiazepines with no additional fused rings is 1. The Labute approximate surface area is 178 Å². The number of benzene rings is 2. The highest BCUT2D eigenvalue weighted by Crippen LogP contribution is 2.33. The zero-order valence-electron chi connectivity index (χ0n) is 15.7. The van der Waals surface area contributed by atoms with E-state index in [0.29, 0.717) is 16.4 Å². The van der Waals surface area contributed by atoms with E-state index >= 15 is 0 Å². The number of fused-ring (bicyclic) bond motifs is 1. The monoisotopic (exact) mass is 457 g/mol.